The fourth-order valence-electron chi connectivity index (χ4n) is 1.40. The molecule has 84 valence electrons. The van der Waals surface area contributed by atoms with Crippen LogP contribution in [0.2, 0.25) is 0 Å². The number of anilines is 2. The summed E-state index contributed by atoms with van der Waals surface area (Å²) in [5.74, 6) is 0. The minimum Gasteiger partial charge on any atom is -0.332 e. The number of nitrogens with two attached hydrogens (primary N) is 1. The van der Waals surface area contributed by atoms with Crippen LogP contribution in [0.5, 0.6) is 0 Å². The number of rotatable bonds is 3. The van der Waals surface area contributed by atoms with E-state index in [1.807, 2.05) is 6.20 Å². The smallest absolute Gasteiger partial charge is 0.187 e. The predicted octanol–water partition coefficient (Wildman–Crippen LogP) is 2.96. The van der Waals surface area contributed by atoms with E-state index >= 15 is 0 Å². The van der Waals surface area contributed by atoms with Crippen molar-refractivity contribution < 1.29 is 0 Å². The van der Waals surface area contributed by atoms with Crippen LogP contribution >= 0.6 is 11.3 Å². The van der Waals surface area contributed by atoms with Crippen LogP contribution in [0.3, 0.4) is 0 Å². The quantitative estimate of drug-likeness (QED) is 0.857. The number of nitrogens with one attached hydrogen (secondary N) is 1. The average Bonchev–Trinajstić information content (AvgIpc) is 2.71. The third kappa shape index (κ3) is 2.40. The zero-order chi connectivity index (χ0) is 11.5. The molecule has 0 radical (unpaired) electrons. The number of thiazole rings is 1. The Hall–Kier alpha value is -1.39. The molecule has 1 aromatic heterocycles. The van der Waals surface area contributed by atoms with E-state index in [0.717, 1.165) is 15.7 Å². The highest BCUT2D eigenvalue weighted by atomic mass is 32.1. The number of hydrogen-bond acceptors (Lipinski definition) is 4. The number of hydrogen-bond donors (Lipinski definition) is 2. The Morgan fingerprint density at radius 3 is 2.75 bits per heavy atom. The molecule has 0 atom stereocenters. The van der Waals surface area contributed by atoms with Crippen molar-refractivity contribution in [3.05, 3.63) is 40.4 Å². The average molecular weight is 233 g/mol. The van der Waals surface area contributed by atoms with Gasteiger partial charge in [-0.25, -0.2) is 4.98 Å². The van der Waals surface area contributed by atoms with Crippen LogP contribution in [0.25, 0.3) is 0 Å². The molecule has 0 spiro atoms. The summed E-state index contributed by atoms with van der Waals surface area (Å²) in [5.41, 5.74) is 9.19. The van der Waals surface area contributed by atoms with Gasteiger partial charge < -0.3 is 11.1 Å². The maximum Gasteiger partial charge on any atom is 0.187 e. The number of aryl methyl sites for hydroxylation is 2. The van der Waals surface area contributed by atoms with E-state index in [4.69, 9.17) is 5.73 Å². The van der Waals surface area contributed by atoms with Gasteiger partial charge in [-0.1, -0.05) is 6.07 Å². The second-order valence-electron chi connectivity index (χ2n) is 3.76. The normalized spacial score (nSPS) is 10.4. The largest absolute Gasteiger partial charge is 0.332 e. The Morgan fingerprint density at radius 1 is 1.31 bits per heavy atom. The highest BCUT2D eigenvalue weighted by molar-refractivity contribution is 7.15. The lowest BCUT2D eigenvalue weighted by Gasteiger charge is -2.05. The van der Waals surface area contributed by atoms with Crippen molar-refractivity contribution in [2.45, 2.75) is 20.4 Å². The molecule has 0 unspecified atom stereocenters. The molecule has 1 aromatic carbocycles. The van der Waals surface area contributed by atoms with Crippen LogP contribution in [0, 0.1) is 13.8 Å². The molecule has 2 aromatic rings. The van der Waals surface area contributed by atoms with Crippen LogP contribution in [0.15, 0.2) is 24.4 Å². The first kappa shape index (κ1) is 11.1. The fourth-order valence-corrected chi connectivity index (χ4v) is 2.11. The molecule has 0 aliphatic heterocycles. The zero-order valence-corrected chi connectivity index (χ0v) is 10.3. The van der Waals surface area contributed by atoms with E-state index in [1.54, 1.807) is 11.3 Å². The first-order chi connectivity index (χ1) is 7.69. The summed E-state index contributed by atoms with van der Waals surface area (Å²) in [7, 11) is 0. The summed E-state index contributed by atoms with van der Waals surface area (Å²) >= 11 is 1.59. The van der Waals surface area contributed by atoms with Gasteiger partial charge in [-0.2, -0.15) is 0 Å². The highest BCUT2D eigenvalue weighted by Gasteiger charge is 2.01. The van der Waals surface area contributed by atoms with Gasteiger partial charge in [0.2, 0.25) is 0 Å². The molecule has 2 rings (SSSR count). The molecule has 0 aliphatic carbocycles. The fraction of sp³-hybridized carbons (Fsp3) is 0.250. The molecule has 4 heteroatoms. The van der Waals surface area contributed by atoms with Crippen LogP contribution < -0.4 is 11.1 Å². The molecule has 16 heavy (non-hydrogen) atoms. The van der Waals surface area contributed by atoms with Gasteiger partial charge in [-0.15, -0.1) is 11.3 Å². The summed E-state index contributed by atoms with van der Waals surface area (Å²) in [6.07, 6.45) is 1.81. The second kappa shape index (κ2) is 4.63. The third-order valence-electron chi connectivity index (χ3n) is 2.51. The van der Waals surface area contributed by atoms with Crippen molar-refractivity contribution in [3.8, 4) is 0 Å². The first-order valence-corrected chi connectivity index (χ1v) is 6.00. The standard InChI is InChI=1S/C12H15N3S/c1-8-3-4-10(5-9(8)2)15-12-14-7-11(6-13)16-12/h3-5,7H,6,13H2,1-2H3,(H,14,15). The van der Waals surface area contributed by atoms with Crippen LogP contribution in [-0.2, 0) is 6.54 Å². The van der Waals surface area contributed by atoms with Gasteiger partial charge in [0.05, 0.1) is 0 Å². The van der Waals surface area contributed by atoms with Crippen molar-refractivity contribution in [2.24, 2.45) is 5.73 Å². The predicted molar refractivity (Wildman–Crippen MR) is 69.2 cm³/mol. The minimum absolute atomic E-state index is 0.548. The van der Waals surface area contributed by atoms with Gasteiger partial charge in [0, 0.05) is 23.3 Å². The molecule has 1 heterocycles. The molecular weight excluding hydrogens is 218 g/mol. The SMILES string of the molecule is Cc1ccc(Nc2ncc(CN)s2)cc1C. The first-order valence-electron chi connectivity index (χ1n) is 5.18. The molecule has 3 nitrogen and oxygen atoms in total. The molecule has 0 amide bonds. The van der Waals surface area contributed by atoms with Gasteiger partial charge in [0.15, 0.2) is 5.13 Å². The molecular formula is C12H15N3S. The molecule has 0 aliphatic rings. The van der Waals surface area contributed by atoms with Crippen molar-refractivity contribution >= 4 is 22.2 Å². The van der Waals surface area contributed by atoms with Gasteiger partial charge in [-0.05, 0) is 37.1 Å². The summed E-state index contributed by atoms with van der Waals surface area (Å²) in [5, 5.41) is 4.17. The molecule has 3 N–H and O–H groups in total. The molecule has 0 saturated heterocycles. The summed E-state index contributed by atoms with van der Waals surface area (Å²) in [4.78, 5) is 5.35. The monoisotopic (exact) mass is 233 g/mol. The Balaban J connectivity index is 2.17. The van der Waals surface area contributed by atoms with Gasteiger partial charge in [0.25, 0.3) is 0 Å². The van der Waals surface area contributed by atoms with E-state index in [2.05, 4.69) is 42.3 Å². The lowest BCUT2D eigenvalue weighted by Crippen LogP contribution is -1.91. The van der Waals surface area contributed by atoms with Gasteiger partial charge >= 0.3 is 0 Å². The van der Waals surface area contributed by atoms with E-state index in [0.29, 0.717) is 6.54 Å². The molecule has 0 bridgehead atoms. The van der Waals surface area contributed by atoms with E-state index in [-0.39, 0.29) is 0 Å². The maximum atomic E-state index is 5.54. The Kier molecular flexibility index (Phi) is 3.22. The topological polar surface area (TPSA) is 50.9 Å². The second-order valence-corrected chi connectivity index (χ2v) is 4.88. The third-order valence-corrected chi connectivity index (χ3v) is 3.45. The number of nitrogens with zero attached hydrogens (tertiary/aromatic N) is 1. The van der Waals surface area contributed by atoms with Crippen molar-refractivity contribution in [3.63, 3.8) is 0 Å². The highest BCUT2D eigenvalue weighted by Crippen LogP contribution is 2.23. The lowest BCUT2D eigenvalue weighted by atomic mass is 10.1. The minimum atomic E-state index is 0.548. The maximum absolute atomic E-state index is 5.54. The lowest BCUT2D eigenvalue weighted by molar-refractivity contribution is 1.10. The van der Waals surface area contributed by atoms with Crippen molar-refractivity contribution in [1.29, 1.82) is 0 Å². The summed E-state index contributed by atoms with van der Waals surface area (Å²) < 4.78 is 0. The molecule has 0 saturated carbocycles. The van der Waals surface area contributed by atoms with Gasteiger partial charge in [-0.3, -0.25) is 0 Å². The Morgan fingerprint density at radius 2 is 2.12 bits per heavy atom. The van der Waals surface area contributed by atoms with E-state index < -0.39 is 0 Å². The van der Waals surface area contributed by atoms with E-state index in [1.165, 1.54) is 11.1 Å². The zero-order valence-electron chi connectivity index (χ0n) is 9.45. The van der Waals surface area contributed by atoms with Gasteiger partial charge in [0.1, 0.15) is 0 Å². The van der Waals surface area contributed by atoms with Crippen LogP contribution in [0.4, 0.5) is 10.8 Å². The Labute approximate surface area is 99.3 Å². The molecule has 0 fully saturated rings. The number of benzene rings is 1. The van der Waals surface area contributed by atoms with Crippen LogP contribution in [-0.4, -0.2) is 4.98 Å². The summed E-state index contributed by atoms with van der Waals surface area (Å²) in [6, 6.07) is 6.29. The Bertz CT molecular complexity index is 491. The summed E-state index contributed by atoms with van der Waals surface area (Å²) in [6.45, 7) is 4.76. The van der Waals surface area contributed by atoms with E-state index in [9.17, 15) is 0 Å². The van der Waals surface area contributed by atoms with Crippen LogP contribution in [0.1, 0.15) is 16.0 Å². The number of aromatic nitrogens is 1. The van der Waals surface area contributed by atoms with Crippen molar-refractivity contribution in [1.82, 2.24) is 4.98 Å². The van der Waals surface area contributed by atoms with Crippen molar-refractivity contribution in [2.75, 3.05) is 5.32 Å².